The van der Waals surface area contributed by atoms with Crippen LogP contribution in [-0.2, 0) is 32.0 Å². The third-order valence-electron chi connectivity index (χ3n) is 3.16. The van der Waals surface area contributed by atoms with E-state index in [0.29, 0.717) is 12.0 Å². The van der Waals surface area contributed by atoms with Gasteiger partial charge >= 0.3 is 11.9 Å². The molecule has 1 heterocycles. The molecule has 1 aliphatic heterocycles. The maximum Gasteiger partial charge on any atom is 0.317 e. The zero-order valence-corrected chi connectivity index (χ0v) is 10.5. The molecule has 5 nitrogen and oxygen atoms in total. The third kappa shape index (κ3) is 2.99. The van der Waals surface area contributed by atoms with E-state index in [-0.39, 0.29) is 12.2 Å². The third-order valence-corrected chi connectivity index (χ3v) is 3.16. The molecule has 2 atom stereocenters. The van der Waals surface area contributed by atoms with E-state index in [1.54, 1.807) is 31.2 Å². The molecular formula is C14H14O5. The molecule has 2 rings (SSSR count). The number of carbonyl (C=O) groups excluding carboxylic acids is 2. The molecule has 1 aromatic rings. The van der Waals surface area contributed by atoms with E-state index in [0.717, 1.165) is 5.56 Å². The van der Waals surface area contributed by atoms with Crippen molar-refractivity contribution in [3.05, 3.63) is 35.4 Å². The van der Waals surface area contributed by atoms with Gasteiger partial charge in [-0.05, 0) is 18.1 Å². The van der Waals surface area contributed by atoms with E-state index in [1.807, 2.05) is 0 Å². The fraction of sp³-hybridized carbons (Fsp3) is 0.357. The lowest BCUT2D eigenvalue weighted by atomic mass is 9.99. The Hall–Kier alpha value is -2.17. The lowest BCUT2D eigenvalue weighted by Crippen LogP contribution is -2.21. The Bertz CT molecular complexity index is 517. The van der Waals surface area contributed by atoms with Gasteiger partial charge in [-0.2, -0.15) is 0 Å². The Balaban J connectivity index is 2.02. The highest BCUT2D eigenvalue weighted by atomic mass is 16.6. The highest BCUT2D eigenvalue weighted by molar-refractivity contribution is 6.06. The van der Waals surface area contributed by atoms with Gasteiger partial charge in [0.1, 0.15) is 5.92 Å². The summed E-state index contributed by atoms with van der Waals surface area (Å²) in [6.45, 7) is 1.54. The number of aliphatic carboxylic acids is 1. The van der Waals surface area contributed by atoms with E-state index < -0.39 is 24.0 Å². The SMILES string of the molecule is CC1C(=O)OC(Cc2ccc(CC(=O)O)cc2)C1=O. The predicted molar refractivity (Wildman–Crippen MR) is 65.5 cm³/mol. The summed E-state index contributed by atoms with van der Waals surface area (Å²) < 4.78 is 5.00. The van der Waals surface area contributed by atoms with Gasteiger partial charge in [0.15, 0.2) is 11.9 Å². The van der Waals surface area contributed by atoms with Gasteiger partial charge < -0.3 is 9.84 Å². The molecule has 1 saturated heterocycles. The van der Waals surface area contributed by atoms with Crippen molar-refractivity contribution >= 4 is 17.7 Å². The van der Waals surface area contributed by atoms with Crippen LogP contribution in [0.5, 0.6) is 0 Å². The molecule has 5 heteroatoms. The van der Waals surface area contributed by atoms with Gasteiger partial charge in [0, 0.05) is 6.42 Å². The Morgan fingerprint density at radius 1 is 1.21 bits per heavy atom. The normalized spacial score (nSPS) is 22.4. The van der Waals surface area contributed by atoms with Crippen molar-refractivity contribution in [2.24, 2.45) is 5.92 Å². The van der Waals surface area contributed by atoms with Crippen LogP contribution < -0.4 is 0 Å². The molecule has 0 aromatic heterocycles. The van der Waals surface area contributed by atoms with Gasteiger partial charge in [-0.3, -0.25) is 14.4 Å². The number of cyclic esters (lactones) is 1. The molecule has 1 aliphatic rings. The minimum absolute atomic E-state index is 0.0331. The molecule has 0 aliphatic carbocycles. The number of ketones is 1. The summed E-state index contributed by atoms with van der Waals surface area (Å²) in [5, 5.41) is 8.66. The van der Waals surface area contributed by atoms with Crippen LogP contribution in [0.3, 0.4) is 0 Å². The number of rotatable bonds is 4. The molecule has 19 heavy (non-hydrogen) atoms. The second kappa shape index (κ2) is 5.22. The van der Waals surface area contributed by atoms with Crippen LogP contribution in [0.1, 0.15) is 18.1 Å². The number of hydrogen-bond acceptors (Lipinski definition) is 4. The second-order valence-corrected chi connectivity index (χ2v) is 4.64. The standard InChI is InChI=1S/C14H14O5/c1-8-13(17)11(19-14(8)18)6-9-2-4-10(5-3-9)7-12(15)16/h2-5,8,11H,6-7H2,1H3,(H,15,16). The zero-order chi connectivity index (χ0) is 14.0. The lowest BCUT2D eigenvalue weighted by Gasteiger charge is -2.08. The summed E-state index contributed by atoms with van der Waals surface area (Å²) >= 11 is 0. The van der Waals surface area contributed by atoms with E-state index in [2.05, 4.69) is 0 Å². The minimum atomic E-state index is -0.888. The second-order valence-electron chi connectivity index (χ2n) is 4.64. The smallest absolute Gasteiger partial charge is 0.317 e. The number of benzene rings is 1. The lowest BCUT2D eigenvalue weighted by molar-refractivity contribution is -0.144. The van der Waals surface area contributed by atoms with Crippen molar-refractivity contribution in [1.82, 2.24) is 0 Å². The first-order chi connectivity index (χ1) is 8.97. The molecule has 1 fully saturated rings. The minimum Gasteiger partial charge on any atom is -0.481 e. The average molecular weight is 262 g/mol. The Labute approximate surface area is 110 Å². The Morgan fingerprint density at radius 3 is 2.26 bits per heavy atom. The molecule has 1 aromatic carbocycles. The molecule has 1 N–H and O–H groups in total. The highest BCUT2D eigenvalue weighted by Crippen LogP contribution is 2.20. The van der Waals surface area contributed by atoms with E-state index in [1.165, 1.54) is 0 Å². The van der Waals surface area contributed by atoms with Crippen LogP contribution in [0.2, 0.25) is 0 Å². The Kier molecular flexibility index (Phi) is 3.64. The summed E-state index contributed by atoms with van der Waals surface area (Å²) in [7, 11) is 0. The van der Waals surface area contributed by atoms with E-state index >= 15 is 0 Å². The van der Waals surface area contributed by atoms with Crippen molar-refractivity contribution in [1.29, 1.82) is 0 Å². The van der Waals surface area contributed by atoms with Gasteiger partial charge in [0.25, 0.3) is 0 Å². The van der Waals surface area contributed by atoms with Crippen LogP contribution in [0.4, 0.5) is 0 Å². The number of carboxylic acid groups (broad SMARTS) is 1. The Morgan fingerprint density at radius 2 is 1.79 bits per heavy atom. The first kappa shape index (κ1) is 13.3. The molecular weight excluding hydrogens is 248 g/mol. The first-order valence-electron chi connectivity index (χ1n) is 6.01. The summed E-state index contributed by atoms with van der Waals surface area (Å²) in [4.78, 5) is 33.5. The summed E-state index contributed by atoms with van der Waals surface area (Å²) in [6.07, 6.45) is -0.412. The van der Waals surface area contributed by atoms with Crippen molar-refractivity contribution in [3.63, 3.8) is 0 Å². The van der Waals surface area contributed by atoms with E-state index in [9.17, 15) is 14.4 Å². The van der Waals surface area contributed by atoms with E-state index in [4.69, 9.17) is 9.84 Å². The molecule has 0 saturated carbocycles. The van der Waals surface area contributed by atoms with Gasteiger partial charge in [-0.15, -0.1) is 0 Å². The summed E-state index contributed by atoms with van der Waals surface area (Å²) in [5.41, 5.74) is 1.54. The van der Waals surface area contributed by atoms with Crippen molar-refractivity contribution in [2.75, 3.05) is 0 Å². The molecule has 2 unspecified atom stereocenters. The average Bonchev–Trinajstić information content (AvgIpc) is 2.59. The monoisotopic (exact) mass is 262 g/mol. The van der Waals surface area contributed by atoms with Crippen LogP contribution in [0, 0.1) is 5.92 Å². The van der Waals surface area contributed by atoms with Crippen LogP contribution >= 0.6 is 0 Å². The van der Waals surface area contributed by atoms with Gasteiger partial charge in [0.2, 0.25) is 0 Å². The van der Waals surface area contributed by atoms with Crippen LogP contribution in [-0.4, -0.2) is 28.9 Å². The number of hydrogen-bond donors (Lipinski definition) is 1. The first-order valence-corrected chi connectivity index (χ1v) is 6.01. The number of esters is 1. The van der Waals surface area contributed by atoms with Crippen molar-refractivity contribution < 1.29 is 24.2 Å². The topological polar surface area (TPSA) is 80.7 Å². The maximum absolute atomic E-state index is 11.7. The maximum atomic E-state index is 11.7. The largest absolute Gasteiger partial charge is 0.481 e. The van der Waals surface area contributed by atoms with Crippen LogP contribution in [0.15, 0.2) is 24.3 Å². The molecule has 0 bridgehead atoms. The fourth-order valence-corrected chi connectivity index (χ4v) is 2.02. The number of Topliss-reactive ketones (excluding diaryl/α,β-unsaturated/α-hetero) is 1. The highest BCUT2D eigenvalue weighted by Gasteiger charge is 2.39. The van der Waals surface area contributed by atoms with Crippen molar-refractivity contribution in [2.45, 2.75) is 25.9 Å². The van der Waals surface area contributed by atoms with Gasteiger partial charge in [0.05, 0.1) is 6.42 Å². The summed E-state index contributed by atoms with van der Waals surface area (Å²) in [6, 6.07) is 6.91. The fourth-order valence-electron chi connectivity index (χ4n) is 2.02. The quantitative estimate of drug-likeness (QED) is 0.646. The predicted octanol–water partition coefficient (Wildman–Crippen LogP) is 0.987. The molecule has 0 radical (unpaired) electrons. The summed E-state index contributed by atoms with van der Waals surface area (Å²) in [5.74, 6) is -2.24. The zero-order valence-electron chi connectivity index (χ0n) is 10.5. The van der Waals surface area contributed by atoms with Crippen molar-refractivity contribution in [3.8, 4) is 0 Å². The van der Waals surface area contributed by atoms with Gasteiger partial charge in [-0.1, -0.05) is 24.3 Å². The van der Waals surface area contributed by atoms with Crippen LogP contribution in [0.25, 0.3) is 0 Å². The number of carbonyl (C=O) groups is 3. The molecule has 100 valence electrons. The number of ether oxygens (including phenoxy) is 1. The number of carboxylic acids is 1. The van der Waals surface area contributed by atoms with Gasteiger partial charge in [-0.25, -0.2) is 0 Å². The molecule has 0 spiro atoms. The molecule has 0 amide bonds.